The van der Waals surface area contributed by atoms with Gasteiger partial charge in [0.2, 0.25) is 11.7 Å². The summed E-state index contributed by atoms with van der Waals surface area (Å²) in [4.78, 5) is 16.1. The van der Waals surface area contributed by atoms with E-state index in [0.29, 0.717) is 22.9 Å². The van der Waals surface area contributed by atoms with Gasteiger partial charge in [0.15, 0.2) is 0 Å². The number of carbonyl (C=O) groups excluding carboxylic acids is 1. The van der Waals surface area contributed by atoms with Crippen LogP contribution in [-0.4, -0.2) is 56.2 Å². The van der Waals surface area contributed by atoms with Gasteiger partial charge in [-0.15, -0.1) is 10.2 Å². The second kappa shape index (κ2) is 6.49. The molecule has 0 saturated carbocycles. The number of halogens is 1. The first kappa shape index (κ1) is 15.5. The third kappa shape index (κ3) is 3.01. The van der Waals surface area contributed by atoms with Gasteiger partial charge in [0.25, 0.3) is 0 Å². The SMILES string of the molecule is O=C(Cn1nnc(-c2ccc(Cl)cc2)n1)N1C2CCNCC1CC2. The van der Waals surface area contributed by atoms with Crippen LogP contribution in [0.15, 0.2) is 24.3 Å². The number of carbonyl (C=O) groups is 1. The van der Waals surface area contributed by atoms with E-state index in [2.05, 4.69) is 20.7 Å². The van der Waals surface area contributed by atoms with E-state index < -0.39 is 0 Å². The molecule has 0 spiro atoms. The highest BCUT2D eigenvalue weighted by Crippen LogP contribution is 2.28. The highest BCUT2D eigenvalue weighted by atomic mass is 35.5. The second-order valence-corrected chi connectivity index (χ2v) is 6.77. The molecule has 126 valence electrons. The Bertz CT molecular complexity index is 716. The lowest BCUT2D eigenvalue weighted by atomic mass is 10.1. The molecule has 2 unspecified atom stereocenters. The van der Waals surface area contributed by atoms with Crippen LogP contribution < -0.4 is 5.32 Å². The van der Waals surface area contributed by atoms with Gasteiger partial charge in [-0.25, -0.2) is 0 Å². The molecule has 1 amide bonds. The van der Waals surface area contributed by atoms with Crippen LogP contribution in [0, 0.1) is 0 Å². The van der Waals surface area contributed by atoms with E-state index in [0.717, 1.165) is 37.9 Å². The molecular weight excluding hydrogens is 328 g/mol. The summed E-state index contributed by atoms with van der Waals surface area (Å²) in [5.74, 6) is 0.575. The number of nitrogens with one attached hydrogen (secondary N) is 1. The second-order valence-electron chi connectivity index (χ2n) is 6.33. The van der Waals surface area contributed by atoms with Gasteiger partial charge >= 0.3 is 0 Å². The molecular formula is C16H19ClN6O. The Kier molecular flexibility index (Phi) is 4.20. The van der Waals surface area contributed by atoms with E-state index >= 15 is 0 Å². The van der Waals surface area contributed by atoms with E-state index in [4.69, 9.17) is 11.6 Å². The highest BCUT2D eigenvalue weighted by Gasteiger charge is 2.38. The van der Waals surface area contributed by atoms with Crippen LogP contribution in [0.5, 0.6) is 0 Å². The molecule has 2 bridgehead atoms. The Labute approximate surface area is 145 Å². The zero-order valence-electron chi connectivity index (χ0n) is 13.2. The van der Waals surface area contributed by atoms with Gasteiger partial charge in [0.1, 0.15) is 6.54 Å². The summed E-state index contributed by atoms with van der Waals surface area (Å²) in [7, 11) is 0. The number of amides is 1. The Balaban J connectivity index is 1.47. The minimum Gasteiger partial charge on any atom is -0.334 e. The fraction of sp³-hybridized carbons (Fsp3) is 0.500. The molecule has 4 rings (SSSR count). The van der Waals surface area contributed by atoms with Crippen LogP contribution >= 0.6 is 11.6 Å². The summed E-state index contributed by atoms with van der Waals surface area (Å²) >= 11 is 5.89. The van der Waals surface area contributed by atoms with E-state index in [-0.39, 0.29) is 12.5 Å². The van der Waals surface area contributed by atoms with Gasteiger partial charge in [-0.1, -0.05) is 11.6 Å². The van der Waals surface area contributed by atoms with Crippen LogP contribution in [0.1, 0.15) is 19.3 Å². The minimum atomic E-state index is 0.0752. The Morgan fingerprint density at radius 3 is 2.83 bits per heavy atom. The first-order valence-electron chi connectivity index (χ1n) is 8.26. The number of tetrazole rings is 1. The lowest BCUT2D eigenvalue weighted by molar-refractivity contribution is -0.134. The number of rotatable bonds is 3. The molecule has 2 aromatic rings. The molecule has 3 heterocycles. The quantitative estimate of drug-likeness (QED) is 0.907. The number of benzene rings is 1. The molecule has 8 heteroatoms. The van der Waals surface area contributed by atoms with Crippen molar-refractivity contribution < 1.29 is 4.79 Å². The summed E-state index contributed by atoms with van der Waals surface area (Å²) in [6.45, 7) is 1.99. The average Bonchev–Trinajstić information content (AvgIpc) is 3.11. The number of aromatic nitrogens is 4. The standard InChI is InChI=1S/C16H19ClN6O/c17-12-3-1-11(2-4-12)16-19-21-22(20-16)10-15(24)23-13-5-6-14(23)9-18-8-7-13/h1-4,13-14,18H,5-10H2. The van der Waals surface area contributed by atoms with Crippen molar-refractivity contribution in [3.05, 3.63) is 29.3 Å². The van der Waals surface area contributed by atoms with E-state index in [1.165, 1.54) is 4.80 Å². The molecule has 2 aliphatic heterocycles. The van der Waals surface area contributed by atoms with Crippen molar-refractivity contribution in [3.63, 3.8) is 0 Å². The van der Waals surface area contributed by atoms with Crippen LogP contribution in [0.3, 0.4) is 0 Å². The molecule has 1 aromatic carbocycles. The Morgan fingerprint density at radius 2 is 2.00 bits per heavy atom. The zero-order valence-corrected chi connectivity index (χ0v) is 14.0. The number of hydrogen-bond donors (Lipinski definition) is 1. The van der Waals surface area contributed by atoms with Crippen molar-refractivity contribution in [3.8, 4) is 11.4 Å². The first-order chi connectivity index (χ1) is 11.7. The maximum atomic E-state index is 12.7. The predicted molar refractivity (Wildman–Crippen MR) is 89.4 cm³/mol. The van der Waals surface area contributed by atoms with Crippen molar-refractivity contribution in [2.75, 3.05) is 13.1 Å². The van der Waals surface area contributed by atoms with Crippen LogP contribution in [0.2, 0.25) is 5.02 Å². The van der Waals surface area contributed by atoms with E-state index in [1.54, 1.807) is 12.1 Å². The highest BCUT2D eigenvalue weighted by molar-refractivity contribution is 6.30. The molecule has 1 aromatic heterocycles. The summed E-state index contributed by atoms with van der Waals surface area (Å²) in [5, 5.41) is 16.5. The third-order valence-electron chi connectivity index (χ3n) is 4.77. The van der Waals surface area contributed by atoms with Gasteiger partial charge in [-0.3, -0.25) is 4.79 Å². The lowest BCUT2D eigenvalue weighted by Crippen LogP contribution is -2.44. The van der Waals surface area contributed by atoms with Crippen molar-refractivity contribution in [1.29, 1.82) is 0 Å². The van der Waals surface area contributed by atoms with E-state index in [9.17, 15) is 4.79 Å². The van der Waals surface area contributed by atoms with Gasteiger partial charge in [0.05, 0.1) is 0 Å². The zero-order chi connectivity index (χ0) is 16.5. The largest absolute Gasteiger partial charge is 0.334 e. The molecule has 24 heavy (non-hydrogen) atoms. The monoisotopic (exact) mass is 346 g/mol. The molecule has 1 N–H and O–H groups in total. The average molecular weight is 347 g/mol. The van der Waals surface area contributed by atoms with Crippen LogP contribution in [-0.2, 0) is 11.3 Å². The summed E-state index contributed by atoms with van der Waals surface area (Å²) in [5.41, 5.74) is 0.831. The van der Waals surface area contributed by atoms with Crippen molar-refractivity contribution in [2.24, 2.45) is 0 Å². The van der Waals surface area contributed by atoms with Gasteiger partial charge in [-0.05, 0) is 55.3 Å². The summed E-state index contributed by atoms with van der Waals surface area (Å²) in [6.07, 6.45) is 3.19. The first-order valence-corrected chi connectivity index (χ1v) is 8.64. The van der Waals surface area contributed by atoms with E-state index in [1.807, 2.05) is 17.0 Å². The number of hydrogen-bond acceptors (Lipinski definition) is 5. The Hall–Kier alpha value is -1.99. The smallest absolute Gasteiger partial charge is 0.246 e. The fourth-order valence-corrected chi connectivity index (χ4v) is 3.74. The molecule has 0 aliphatic carbocycles. The van der Waals surface area contributed by atoms with Gasteiger partial charge in [-0.2, -0.15) is 4.80 Å². The van der Waals surface area contributed by atoms with Gasteiger partial charge < -0.3 is 10.2 Å². The van der Waals surface area contributed by atoms with Crippen LogP contribution in [0.4, 0.5) is 0 Å². The minimum absolute atomic E-state index is 0.0752. The lowest BCUT2D eigenvalue weighted by Gasteiger charge is -2.27. The molecule has 2 fully saturated rings. The predicted octanol–water partition coefficient (Wildman–Crippen LogP) is 1.35. The third-order valence-corrected chi connectivity index (χ3v) is 5.03. The molecule has 0 radical (unpaired) electrons. The maximum Gasteiger partial charge on any atom is 0.246 e. The normalized spacial score (nSPS) is 23.3. The number of fused-ring (bicyclic) bond motifs is 2. The molecule has 2 atom stereocenters. The number of nitrogens with zero attached hydrogens (tertiary/aromatic N) is 5. The molecule has 2 aliphatic rings. The van der Waals surface area contributed by atoms with Gasteiger partial charge in [0, 0.05) is 29.2 Å². The van der Waals surface area contributed by atoms with Crippen molar-refractivity contribution >= 4 is 17.5 Å². The molecule has 2 saturated heterocycles. The molecule has 7 nitrogen and oxygen atoms in total. The van der Waals surface area contributed by atoms with Crippen molar-refractivity contribution in [1.82, 2.24) is 30.4 Å². The summed E-state index contributed by atoms with van der Waals surface area (Å²) in [6, 6.07) is 7.88. The Morgan fingerprint density at radius 1 is 1.21 bits per heavy atom. The topological polar surface area (TPSA) is 75.9 Å². The van der Waals surface area contributed by atoms with Crippen molar-refractivity contribution in [2.45, 2.75) is 37.9 Å². The fourth-order valence-electron chi connectivity index (χ4n) is 3.62. The maximum absolute atomic E-state index is 12.7. The van der Waals surface area contributed by atoms with Crippen LogP contribution in [0.25, 0.3) is 11.4 Å². The summed E-state index contributed by atoms with van der Waals surface area (Å²) < 4.78 is 0.